The molecule has 144 valence electrons. The highest BCUT2D eigenvalue weighted by Crippen LogP contribution is 2.27. The SMILES string of the molecule is C[C@@H]1CN(CCC(=O)N(c2ccc(F)cc2)c2ccc(F)cc2)C[C@H](C)N1. The van der Waals surface area contributed by atoms with Crippen LogP contribution in [-0.2, 0) is 4.79 Å². The first-order valence-electron chi connectivity index (χ1n) is 9.25. The summed E-state index contributed by atoms with van der Waals surface area (Å²) in [5.74, 6) is -0.838. The normalized spacial score (nSPS) is 20.4. The van der Waals surface area contributed by atoms with Gasteiger partial charge in [0.25, 0.3) is 0 Å². The molecule has 2 atom stereocenters. The van der Waals surface area contributed by atoms with Crippen molar-refractivity contribution in [2.24, 2.45) is 0 Å². The fourth-order valence-electron chi connectivity index (χ4n) is 3.61. The van der Waals surface area contributed by atoms with Crippen molar-refractivity contribution in [3.63, 3.8) is 0 Å². The summed E-state index contributed by atoms with van der Waals surface area (Å²) in [4.78, 5) is 16.8. The second-order valence-electron chi connectivity index (χ2n) is 7.16. The first kappa shape index (κ1) is 19.5. The van der Waals surface area contributed by atoms with Crippen molar-refractivity contribution >= 4 is 17.3 Å². The molecule has 27 heavy (non-hydrogen) atoms. The number of amides is 1. The molecule has 1 N–H and O–H groups in total. The molecule has 0 saturated carbocycles. The van der Waals surface area contributed by atoms with Gasteiger partial charge >= 0.3 is 0 Å². The Bertz CT molecular complexity index is 709. The third-order valence-electron chi connectivity index (χ3n) is 4.69. The van der Waals surface area contributed by atoms with Gasteiger partial charge in [-0.25, -0.2) is 8.78 Å². The van der Waals surface area contributed by atoms with Crippen LogP contribution < -0.4 is 10.2 Å². The van der Waals surface area contributed by atoms with Crippen molar-refractivity contribution in [2.75, 3.05) is 24.5 Å². The molecule has 1 heterocycles. The van der Waals surface area contributed by atoms with Gasteiger partial charge in [0.05, 0.1) is 0 Å². The summed E-state index contributed by atoms with van der Waals surface area (Å²) >= 11 is 0. The Morgan fingerprint density at radius 1 is 0.963 bits per heavy atom. The van der Waals surface area contributed by atoms with Crippen LogP contribution >= 0.6 is 0 Å². The molecule has 1 aliphatic rings. The monoisotopic (exact) mass is 373 g/mol. The van der Waals surface area contributed by atoms with E-state index in [4.69, 9.17) is 0 Å². The fourth-order valence-corrected chi connectivity index (χ4v) is 3.61. The second kappa shape index (κ2) is 8.59. The maximum Gasteiger partial charge on any atom is 0.232 e. The van der Waals surface area contributed by atoms with E-state index >= 15 is 0 Å². The van der Waals surface area contributed by atoms with E-state index in [-0.39, 0.29) is 17.5 Å². The standard InChI is InChI=1S/C21H25F2N3O/c1-15-13-25(14-16(2)24-15)12-11-21(27)26(19-7-3-17(22)4-8-19)20-9-5-18(23)6-10-20/h3-10,15-16,24H,11-14H2,1-2H3/t15-,16+. The van der Waals surface area contributed by atoms with E-state index in [0.29, 0.717) is 36.4 Å². The number of piperazine rings is 1. The third kappa shape index (κ3) is 5.11. The number of hydrogen-bond donors (Lipinski definition) is 1. The van der Waals surface area contributed by atoms with Crippen LogP contribution in [0.3, 0.4) is 0 Å². The predicted octanol–water partition coefficient (Wildman–Crippen LogP) is 3.70. The van der Waals surface area contributed by atoms with Crippen molar-refractivity contribution in [1.29, 1.82) is 0 Å². The zero-order valence-electron chi connectivity index (χ0n) is 15.7. The first-order chi connectivity index (χ1) is 12.9. The molecule has 0 aliphatic carbocycles. The molecule has 1 saturated heterocycles. The smallest absolute Gasteiger partial charge is 0.232 e. The largest absolute Gasteiger partial charge is 0.309 e. The molecule has 6 heteroatoms. The van der Waals surface area contributed by atoms with Crippen molar-refractivity contribution in [1.82, 2.24) is 10.2 Å². The highest BCUT2D eigenvalue weighted by molar-refractivity contribution is 6.00. The lowest BCUT2D eigenvalue weighted by molar-refractivity contribution is -0.118. The molecular weight excluding hydrogens is 348 g/mol. The first-order valence-corrected chi connectivity index (χ1v) is 9.25. The molecule has 1 aliphatic heterocycles. The van der Waals surface area contributed by atoms with Gasteiger partial charge in [-0.05, 0) is 62.4 Å². The lowest BCUT2D eigenvalue weighted by Crippen LogP contribution is -2.54. The Hall–Kier alpha value is -2.31. The number of anilines is 2. The number of halogens is 2. The lowest BCUT2D eigenvalue weighted by atomic mass is 10.1. The van der Waals surface area contributed by atoms with Gasteiger partial charge < -0.3 is 5.32 Å². The van der Waals surface area contributed by atoms with E-state index in [1.165, 1.54) is 29.2 Å². The number of rotatable bonds is 5. The zero-order chi connectivity index (χ0) is 19.4. The van der Waals surface area contributed by atoms with Gasteiger partial charge in [0, 0.05) is 49.5 Å². The number of hydrogen-bond acceptors (Lipinski definition) is 3. The van der Waals surface area contributed by atoms with Crippen LogP contribution in [0.4, 0.5) is 20.2 Å². The van der Waals surface area contributed by atoms with Crippen molar-refractivity contribution in [3.05, 3.63) is 60.2 Å². The number of nitrogens with zero attached hydrogens (tertiary/aromatic N) is 2. The topological polar surface area (TPSA) is 35.6 Å². The summed E-state index contributed by atoms with van der Waals surface area (Å²) in [7, 11) is 0. The molecular formula is C21H25F2N3O. The highest BCUT2D eigenvalue weighted by atomic mass is 19.1. The van der Waals surface area contributed by atoms with Crippen molar-refractivity contribution < 1.29 is 13.6 Å². The Morgan fingerprint density at radius 2 is 1.41 bits per heavy atom. The van der Waals surface area contributed by atoms with Gasteiger partial charge in [-0.15, -0.1) is 0 Å². The van der Waals surface area contributed by atoms with E-state index < -0.39 is 0 Å². The summed E-state index contributed by atoms with van der Waals surface area (Å²) in [6, 6.07) is 12.3. The Morgan fingerprint density at radius 3 is 1.85 bits per heavy atom. The third-order valence-corrected chi connectivity index (χ3v) is 4.69. The molecule has 3 rings (SSSR count). The summed E-state index contributed by atoms with van der Waals surface area (Å²) in [6.07, 6.45) is 0.328. The predicted molar refractivity (Wildman–Crippen MR) is 103 cm³/mol. The Kier molecular flexibility index (Phi) is 6.19. The van der Waals surface area contributed by atoms with E-state index in [9.17, 15) is 13.6 Å². The van der Waals surface area contributed by atoms with Crippen LogP contribution in [0.15, 0.2) is 48.5 Å². The van der Waals surface area contributed by atoms with Crippen LogP contribution in [0.2, 0.25) is 0 Å². The van der Waals surface area contributed by atoms with Gasteiger partial charge in [-0.1, -0.05) is 0 Å². The molecule has 1 amide bonds. The van der Waals surface area contributed by atoms with Gasteiger partial charge in [0.1, 0.15) is 11.6 Å². The van der Waals surface area contributed by atoms with Gasteiger partial charge in [0.2, 0.25) is 5.91 Å². The fraction of sp³-hybridized carbons (Fsp3) is 0.381. The van der Waals surface area contributed by atoms with E-state index in [2.05, 4.69) is 24.1 Å². The Balaban J connectivity index is 1.76. The Labute approximate surface area is 158 Å². The second-order valence-corrected chi connectivity index (χ2v) is 7.16. The van der Waals surface area contributed by atoms with Crippen LogP contribution in [0.5, 0.6) is 0 Å². The average Bonchev–Trinajstić information content (AvgIpc) is 2.63. The summed E-state index contributed by atoms with van der Waals surface area (Å²) < 4.78 is 26.6. The lowest BCUT2D eigenvalue weighted by Gasteiger charge is -2.36. The number of nitrogens with one attached hydrogen (secondary N) is 1. The molecule has 0 bridgehead atoms. The molecule has 0 radical (unpaired) electrons. The maximum atomic E-state index is 13.3. The molecule has 1 fully saturated rings. The quantitative estimate of drug-likeness (QED) is 0.868. The van der Waals surface area contributed by atoms with Crippen molar-refractivity contribution in [3.8, 4) is 0 Å². The zero-order valence-corrected chi connectivity index (χ0v) is 15.7. The van der Waals surface area contributed by atoms with Crippen LogP contribution in [-0.4, -0.2) is 42.5 Å². The molecule has 2 aromatic rings. The molecule has 0 unspecified atom stereocenters. The average molecular weight is 373 g/mol. The van der Waals surface area contributed by atoms with Crippen LogP contribution in [0.25, 0.3) is 0 Å². The number of carbonyl (C=O) groups excluding carboxylic acids is 1. The number of carbonyl (C=O) groups is 1. The summed E-state index contributed by atoms with van der Waals surface area (Å²) in [6.45, 7) is 6.70. The molecule has 4 nitrogen and oxygen atoms in total. The molecule has 0 aromatic heterocycles. The minimum atomic E-state index is -0.367. The maximum absolute atomic E-state index is 13.3. The minimum absolute atomic E-state index is 0.105. The van der Waals surface area contributed by atoms with Gasteiger partial charge in [-0.3, -0.25) is 14.6 Å². The minimum Gasteiger partial charge on any atom is -0.309 e. The highest BCUT2D eigenvalue weighted by Gasteiger charge is 2.23. The molecule has 0 spiro atoms. The van der Waals surface area contributed by atoms with E-state index in [1.54, 1.807) is 24.3 Å². The molecule has 2 aromatic carbocycles. The summed E-state index contributed by atoms with van der Waals surface area (Å²) in [5, 5.41) is 3.47. The van der Waals surface area contributed by atoms with Gasteiger partial charge in [0.15, 0.2) is 0 Å². The van der Waals surface area contributed by atoms with Crippen LogP contribution in [0.1, 0.15) is 20.3 Å². The van der Waals surface area contributed by atoms with Crippen LogP contribution in [0, 0.1) is 11.6 Å². The summed E-state index contributed by atoms with van der Waals surface area (Å²) in [5.41, 5.74) is 1.13. The van der Waals surface area contributed by atoms with E-state index in [0.717, 1.165) is 13.1 Å². The van der Waals surface area contributed by atoms with Crippen molar-refractivity contribution in [2.45, 2.75) is 32.4 Å². The van der Waals surface area contributed by atoms with E-state index in [1.807, 2.05) is 0 Å². The van der Waals surface area contributed by atoms with Gasteiger partial charge in [-0.2, -0.15) is 0 Å². The number of benzene rings is 2.